The number of amides is 2. The minimum atomic E-state index is -1.72. The molecule has 10 nitrogen and oxygen atoms in total. The molecule has 11 heteroatoms. The Labute approximate surface area is 186 Å². The number of benzene rings is 1. The molecular weight excluding hydrogens is 446 g/mol. The monoisotopic (exact) mass is 463 g/mol. The Morgan fingerprint density at radius 3 is 2.25 bits per heavy atom. The average Bonchev–Trinajstić information content (AvgIpc) is 3.27. The largest absolute Gasteiger partial charge is 0.478 e. The van der Waals surface area contributed by atoms with Gasteiger partial charge in [-0.15, -0.1) is 0 Å². The first-order valence-corrected chi connectivity index (χ1v) is 9.95. The lowest BCUT2D eigenvalue weighted by Gasteiger charge is -2.34. The van der Waals surface area contributed by atoms with E-state index >= 15 is 0 Å². The van der Waals surface area contributed by atoms with Gasteiger partial charge in [-0.05, 0) is 31.2 Å². The van der Waals surface area contributed by atoms with Crippen LogP contribution in [0.3, 0.4) is 0 Å². The van der Waals surface area contributed by atoms with Gasteiger partial charge in [0.05, 0.1) is 33.7 Å². The Balaban J connectivity index is 1.80. The smallest absolute Gasteiger partial charge is 0.337 e. The van der Waals surface area contributed by atoms with Gasteiger partial charge in [0.25, 0.3) is 6.29 Å². The van der Waals surface area contributed by atoms with Crippen LogP contribution in [0.2, 0.25) is 5.02 Å². The number of carbonyl (C=O) groups is 5. The molecule has 2 bridgehead atoms. The number of anilines is 1. The van der Waals surface area contributed by atoms with Crippen LogP contribution >= 0.6 is 11.6 Å². The number of ether oxygens (including phenoxy) is 3. The van der Waals surface area contributed by atoms with Crippen LogP contribution in [0.5, 0.6) is 0 Å². The number of esters is 2. The van der Waals surface area contributed by atoms with Crippen molar-refractivity contribution < 1.29 is 43.3 Å². The molecule has 4 atom stereocenters. The van der Waals surface area contributed by atoms with Crippen LogP contribution < -0.4 is 4.90 Å². The van der Waals surface area contributed by atoms with Gasteiger partial charge < -0.3 is 19.3 Å². The van der Waals surface area contributed by atoms with Crippen LogP contribution in [0.25, 0.3) is 0 Å². The zero-order valence-corrected chi connectivity index (χ0v) is 17.9. The predicted molar refractivity (Wildman–Crippen MR) is 107 cm³/mol. The molecule has 3 heterocycles. The van der Waals surface area contributed by atoms with E-state index in [1.54, 1.807) is 13.0 Å². The van der Waals surface area contributed by atoms with Gasteiger partial charge in [0, 0.05) is 13.8 Å². The SMILES string of the molecule is CC(=O)OC(OC(C)=O)[C@@]12C=C[C@@](C)(O1)[C@H]1C(=O)N(c3ccc(Cl)c(C(=O)O)c3)C(=O)[C@@H]12. The number of hydrogen-bond donors (Lipinski definition) is 1. The maximum Gasteiger partial charge on any atom is 0.337 e. The maximum absolute atomic E-state index is 13.5. The summed E-state index contributed by atoms with van der Waals surface area (Å²) in [7, 11) is 0. The first-order valence-electron chi connectivity index (χ1n) is 9.57. The number of fused-ring (bicyclic) bond motifs is 5. The molecule has 168 valence electrons. The van der Waals surface area contributed by atoms with Gasteiger partial charge >= 0.3 is 17.9 Å². The lowest BCUT2D eigenvalue weighted by molar-refractivity contribution is -0.231. The molecule has 4 rings (SSSR count). The summed E-state index contributed by atoms with van der Waals surface area (Å²) in [6, 6.07) is 3.76. The lowest BCUT2D eigenvalue weighted by Crippen LogP contribution is -2.52. The Morgan fingerprint density at radius 1 is 1.09 bits per heavy atom. The average molecular weight is 464 g/mol. The second-order valence-corrected chi connectivity index (χ2v) is 8.37. The van der Waals surface area contributed by atoms with Crippen molar-refractivity contribution in [3.63, 3.8) is 0 Å². The third kappa shape index (κ3) is 3.01. The summed E-state index contributed by atoms with van der Waals surface area (Å²) in [6.45, 7) is 3.80. The Kier molecular flexibility index (Phi) is 4.90. The predicted octanol–water partition coefficient (Wildman–Crippen LogP) is 1.69. The number of carbonyl (C=O) groups excluding carboxylic acids is 4. The molecule has 3 aliphatic heterocycles. The molecule has 32 heavy (non-hydrogen) atoms. The Hall–Kier alpha value is -3.24. The number of carboxylic acids is 1. The summed E-state index contributed by atoms with van der Waals surface area (Å²) >= 11 is 5.91. The fourth-order valence-electron chi connectivity index (χ4n) is 4.63. The number of halogens is 1. The van der Waals surface area contributed by atoms with Gasteiger partial charge in [-0.25, -0.2) is 9.69 Å². The molecule has 2 amide bonds. The number of carboxylic acid groups (broad SMARTS) is 1. The van der Waals surface area contributed by atoms with E-state index in [0.717, 1.165) is 24.8 Å². The first kappa shape index (κ1) is 22.0. The molecule has 2 fully saturated rings. The van der Waals surface area contributed by atoms with Crippen LogP contribution in [0, 0.1) is 11.8 Å². The lowest BCUT2D eigenvalue weighted by atomic mass is 9.72. The summed E-state index contributed by atoms with van der Waals surface area (Å²) in [5.41, 5.74) is -3.23. The third-order valence-electron chi connectivity index (χ3n) is 5.83. The highest BCUT2D eigenvalue weighted by Crippen LogP contribution is 2.59. The van der Waals surface area contributed by atoms with Crippen molar-refractivity contribution in [2.24, 2.45) is 11.8 Å². The summed E-state index contributed by atoms with van der Waals surface area (Å²) in [5.74, 6) is -6.42. The van der Waals surface area contributed by atoms with E-state index in [2.05, 4.69) is 0 Å². The van der Waals surface area contributed by atoms with Crippen molar-refractivity contribution in [1.82, 2.24) is 0 Å². The Bertz CT molecular complexity index is 1100. The molecule has 1 N–H and O–H groups in total. The highest BCUT2D eigenvalue weighted by atomic mass is 35.5. The first-order chi connectivity index (χ1) is 14.9. The zero-order valence-electron chi connectivity index (χ0n) is 17.2. The molecule has 2 saturated heterocycles. The number of aromatic carboxylic acids is 1. The van der Waals surface area contributed by atoms with Gasteiger partial charge in [-0.3, -0.25) is 19.2 Å². The van der Waals surface area contributed by atoms with Crippen molar-refractivity contribution in [1.29, 1.82) is 0 Å². The normalized spacial score (nSPS) is 30.1. The highest BCUT2D eigenvalue weighted by molar-refractivity contribution is 6.34. The van der Waals surface area contributed by atoms with Gasteiger partial charge in [0.15, 0.2) is 5.60 Å². The molecule has 0 aromatic heterocycles. The van der Waals surface area contributed by atoms with Gasteiger partial charge in [-0.2, -0.15) is 0 Å². The molecular formula is C21H18ClNO9. The minimum Gasteiger partial charge on any atom is -0.478 e. The Morgan fingerprint density at radius 2 is 1.69 bits per heavy atom. The molecule has 0 radical (unpaired) electrons. The molecule has 0 spiro atoms. The zero-order chi connectivity index (χ0) is 23.6. The molecule has 1 aromatic carbocycles. The fraction of sp³-hybridized carbons (Fsp3) is 0.381. The van der Waals surface area contributed by atoms with Crippen molar-refractivity contribution in [3.05, 3.63) is 40.9 Å². The molecule has 1 aromatic rings. The summed E-state index contributed by atoms with van der Waals surface area (Å²) in [4.78, 5) is 62.5. The number of rotatable bonds is 5. The highest BCUT2D eigenvalue weighted by Gasteiger charge is 2.76. The summed E-state index contributed by atoms with van der Waals surface area (Å²) in [5, 5.41) is 9.29. The topological polar surface area (TPSA) is 137 Å². The van der Waals surface area contributed by atoms with Crippen LogP contribution in [0.1, 0.15) is 31.1 Å². The van der Waals surface area contributed by atoms with Crippen molar-refractivity contribution in [2.45, 2.75) is 38.3 Å². The van der Waals surface area contributed by atoms with E-state index in [4.69, 9.17) is 25.8 Å². The van der Waals surface area contributed by atoms with Crippen LogP contribution in [0.4, 0.5) is 5.69 Å². The number of hydrogen-bond acceptors (Lipinski definition) is 8. The van der Waals surface area contributed by atoms with E-state index in [1.165, 1.54) is 18.2 Å². The fourth-order valence-corrected chi connectivity index (χ4v) is 4.83. The third-order valence-corrected chi connectivity index (χ3v) is 6.16. The second-order valence-electron chi connectivity index (χ2n) is 7.96. The van der Waals surface area contributed by atoms with Crippen molar-refractivity contribution in [2.75, 3.05) is 4.90 Å². The van der Waals surface area contributed by atoms with E-state index in [0.29, 0.717) is 0 Å². The molecule has 3 aliphatic rings. The van der Waals surface area contributed by atoms with Gasteiger partial charge in [0.1, 0.15) is 0 Å². The van der Waals surface area contributed by atoms with Crippen LogP contribution in [0.15, 0.2) is 30.4 Å². The standard InChI is InChI=1S/C21H18ClNO9/c1-9(24)30-19(31-10(2)25)21-7-6-20(3,32-21)14-15(21)17(27)23(16(14)26)11-4-5-13(22)12(8-11)18(28)29/h4-8,14-15,19H,1-3H3,(H,28,29)/t14-,15-,20-,21+/m1/s1. The van der Waals surface area contributed by atoms with E-state index in [-0.39, 0.29) is 16.3 Å². The van der Waals surface area contributed by atoms with Gasteiger partial charge in [-0.1, -0.05) is 17.7 Å². The molecule has 0 aliphatic carbocycles. The van der Waals surface area contributed by atoms with Crippen molar-refractivity contribution in [3.8, 4) is 0 Å². The second kappa shape index (κ2) is 7.14. The molecule has 0 saturated carbocycles. The maximum atomic E-state index is 13.5. The van der Waals surface area contributed by atoms with Crippen LogP contribution in [-0.2, 0) is 33.4 Å². The van der Waals surface area contributed by atoms with Crippen LogP contribution in [-0.4, -0.2) is 52.3 Å². The van der Waals surface area contributed by atoms with Crippen molar-refractivity contribution >= 4 is 47.0 Å². The summed E-state index contributed by atoms with van der Waals surface area (Å²) < 4.78 is 16.4. The van der Waals surface area contributed by atoms with E-state index in [9.17, 15) is 29.1 Å². The number of nitrogens with zero attached hydrogens (tertiary/aromatic N) is 1. The summed E-state index contributed by atoms with van der Waals surface area (Å²) in [6.07, 6.45) is 1.42. The quantitative estimate of drug-likeness (QED) is 0.299. The van der Waals surface area contributed by atoms with E-state index in [1.807, 2.05) is 0 Å². The minimum absolute atomic E-state index is 0.0193. The van der Waals surface area contributed by atoms with Gasteiger partial charge in [0.2, 0.25) is 11.8 Å². The number of imide groups is 1. The van der Waals surface area contributed by atoms with E-state index < -0.39 is 59.1 Å². The molecule has 0 unspecified atom stereocenters.